The molecule has 0 aromatic carbocycles. The molecule has 0 aliphatic heterocycles. The second-order valence-electron chi connectivity index (χ2n) is 8.33. The largest absolute Gasteiger partial charge is 0.534 e. The van der Waals surface area contributed by atoms with E-state index in [-0.39, 0.29) is 30.7 Å². The molecule has 2 aliphatic rings. The van der Waals surface area contributed by atoms with Gasteiger partial charge in [0.05, 0.1) is 1.37 Å². The normalized spacial score (nSPS) is 35.2. The Balaban J connectivity index is 2.29. The number of hydrogen-bond acceptors (Lipinski definition) is 3. The lowest BCUT2D eigenvalue weighted by atomic mass is 9.63. The van der Waals surface area contributed by atoms with Gasteiger partial charge in [0.2, 0.25) is 0 Å². The SMILES string of the molecule is [2H]C1=C(OS(=O)(=O)C(F)(F)F)[C@]2([2H])CC[C@H]([C@H](C)CCCC(C)C)[C@@]2(C)CC1. The predicted molar refractivity (Wildman–Crippen MR) is 95.6 cm³/mol. The summed E-state index contributed by atoms with van der Waals surface area (Å²) in [5, 5.41) is 0. The highest BCUT2D eigenvalue weighted by atomic mass is 32.2. The summed E-state index contributed by atoms with van der Waals surface area (Å²) in [6.45, 7) is 8.27. The van der Waals surface area contributed by atoms with Gasteiger partial charge in [-0.1, -0.05) is 47.0 Å². The molecule has 1 saturated carbocycles. The Morgan fingerprint density at radius 2 is 2.00 bits per heavy atom. The minimum atomic E-state index is -5.89. The molecule has 0 aromatic heterocycles. The van der Waals surface area contributed by atoms with Crippen molar-refractivity contribution < 1.29 is 28.5 Å². The van der Waals surface area contributed by atoms with Crippen molar-refractivity contribution in [3.63, 3.8) is 0 Å². The van der Waals surface area contributed by atoms with Crippen LogP contribution in [0.2, 0.25) is 0 Å². The highest BCUT2D eigenvalue weighted by Gasteiger charge is 2.54. The lowest BCUT2D eigenvalue weighted by Crippen LogP contribution is -2.37. The number of halogens is 3. The van der Waals surface area contributed by atoms with Crippen LogP contribution in [0.1, 0.15) is 75.4 Å². The maximum Gasteiger partial charge on any atom is 0.534 e. The zero-order valence-corrected chi connectivity index (χ0v) is 16.8. The van der Waals surface area contributed by atoms with Gasteiger partial charge in [-0.15, -0.1) is 0 Å². The van der Waals surface area contributed by atoms with Gasteiger partial charge in [0.15, 0.2) is 0 Å². The van der Waals surface area contributed by atoms with E-state index in [0.717, 1.165) is 19.3 Å². The van der Waals surface area contributed by atoms with Crippen LogP contribution in [0.25, 0.3) is 0 Å². The second kappa shape index (κ2) is 7.72. The third-order valence-electron chi connectivity index (χ3n) is 6.02. The number of alkyl halides is 3. The van der Waals surface area contributed by atoms with E-state index in [9.17, 15) is 21.6 Å². The number of fused-ring (bicyclic) bond motifs is 1. The molecule has 0 aromatic rings. The molecular formula is C19H31F3O3S. The second-order valence-corrected chi connectivity index (χ2v) is 9.87. The van der Waals surface area contributed by atoms with Crippen LogP contribution in [0.3, 0.4) is 0 Å². The van der Waals surface area contributed by atoms with Gasteiger partial charge in [0.1, 0.15) is 5.76 Å². The number of hydrogen-bond donors (Lipinski definition) is 0. The Morgan fingerprint density at radius 3 is 2.58 bits per heavy atom. The lowest BCUT2D eigenvalue weighted by molar-refractivity contribution is -0.0536. The van der Waals surface area contributed by atoms with Crippen molar-refractivity contribution >= 4 is 10.1 Å². The van der Waals surface area contributed by atoms with Gasteiger partial charge in [-0.25, -0.2) is 0 Å². The minimum absolute atomic E-state index is 0.0810. The van der Waals surface area contributed by atoms with Gasteiger partial charge in [-0.2, -0.15) is 21.6 Å². The molecule has 7 heteroatoms. The van der Waals surface area contributed by atoms with Crippen LogP contribution >= 0.6 is 0 Å². The fraction of sp³-hybridized carbons (Fsp3) is 0.895. The van der Waals surface area contributed by atoms with Crippen molar-refractivity contribution in [2.45, 2.75) is 78.1 Å². The molecule has 152 valence electrons. The third-order valence-corrected chi connectivity index (χ3v) is 6.97. The van der Waals surface area contributed by atoms with E-state index in [4.69, 9.17) is 2.74 Å². The first-order valence-corrected chi connectivity index (χ1v) is 10.8. The predicted octanol–water partition coefficient (Wildman–Crippen LogP) is 6.03. The van der Waals surface area contributed by atoms with Gasteiger partial charge in [0.25, 0.3) is 0 Å². The quantitative estimate of drug-likeness (QED) is 0.389. The average molecular weight is 399 g/mol. The van der Waals surface area contributed by atoms with Crippen LogP contribution in [-0.2, 0) is 14.3 Å². The molecule has 0 unspecified atom stereocenters. The molecule has 0 bridgehead atoms. The van der Waals surface area contributed by atoms with Crippen LogP contribution in [-0.4, -0.2) is 13.9 Å². The van der Waals surface area contributed by atoms with Gasteiger partial charge >= 0.3 is 15.6 Å². The van der Waals surface area contributed by atoms with Crippen molar-refractivity contribution in [3.05, 3.63) is 11.8 Å². The van der Waals surface area contributed by atoms with E-state index in [1.165, 1.54) is 0 Å². The molecule has 2 rings (SSSR count). The summed E-state index contributed by atoms with van der Waals surface area (Å²) in [6.07, 6.45) is 4.52. The Bertz CT molecular complexity index is 720. The molecule has 4 atom stereocenters. The first-order valence-electron chi connectivity index (χ1n) is 10.4. The monoisotopic (exact) mass is 398 g/mol. The summed E-state index contributed by atoms with van der Waals surface area (Å²) < 4.78 is 83.0. The highest BCUT2D eigenvalue weighted by molar-refractivity contribution is 7.87. The van der Waals surface area contributed by atoms with Crippen LogP contribution < -0.4 is 0 Å². The van der Waals surface area contributed by atoms with Crippen LogP contribution in [0, 0.1) is 29.1 Å². The van der Waals surface area contributed by atoms with Crippen molar-refractivity contribution in [3.8, 4) is 0 Å². The van der Waals surface area contributed by atoms with E-state index >= 15 is 0 Å². The summed E-state index contributed by atoms with van der Waals surface area (Å²) in [5.41, 5.74) is -6.29. The van der Waals surface area contributed by atoms with Crippen LogP contribution in [0.15, 0.2) is 11.8 Å². The van der Waals surface area contributed by atoms with E-state index < -0.39 is 32.7 Å². The molecule has 2 aliphatic carbocycles. The minimum Gasteiger partial charge on any atom is -0.381 e. The molecule has 0 radical (unpaired) electrons. The number of rotatable bonds is 7. The van der Waals surface area contributed by atoms with Crippen molar-refractivity contribution in [2.24, 2.45) is 29.1 Å². The van der Waals surface area contributed by atoms with Crippen LogP contribution in [0.5, 0.6) is 0 Å². The summed E-state index contributed by atoms with van der Waals surface area (Å²) >= 11 is 0. The summed E-state index contributed by atoms with van der Waals surface area (Å²) in [6, 6.07) is -0.312. The number of allylic oxidation sites excluding steroid dienone is 2. The van der Waals surface area contributed by atoms with E-state index in [1.54, 1.807) is 0 Å². The zero-order chi connectivity index (χ0) is 21.5. The molecule has 0 spiro atoms. The Morgan fingerprint density at radius 1 is 1.35 bits per heavy atom. The molecule has 0 N–H and O–H groups in total. The van der Waals surface area contributed by atoms with E-state index in [1.807, 2.05) is 6.92 Å². The third kappa shape index (κ3) is 4.39. The first kappa shape index (κ1) is 18.6. The van der Waals surface area contributed by atoms with Gasteiger partial charge in [-0.05, 0) is 54.9 Å². The standard InChI is InChI=1S/C19H31F3O3S/c1-13(2)7-5-8-14(3)15-10-11-16-17(9-6-12-18(15,16)4)25-26(23,24)19(20,21)22/h9,13-16H,5-8,10-12H2,1-4H3/t14-,15-,16+,18-/m1/s1/i9D,16D. The molecule has 1 fully saturated rings. The maximum absolute atomic E-state index is 12.8. The van der Waals surface area contributed by atoms with Crippen molar-refractivity contribution in [2.75, 3.05) is 0 Å². The molecule has 0 heterocycles. The topological polar surface area (TPSA) is 43.4 Å². The summed E-state index contributed by atoms with van der Waals surface area (Å²) in [5.74, 6) is -1.31. The molecule has 3 nitrogen and oxygen atoms in total. The van der Waals surface area contributed by atoms with Gasteiger partial charge in [-0.3, -0.25) is 0 Å². The fourth-order valence-electron chi connectivity index (χ4n) is 4.58. The Hall–Kier alpha value is -0.720. The molecular weight excluding hydrogens is 365 g/mol. The van der Waals surface area contributed by atoms with E-state index in [0.29, 0.717) is 18.8 Å². The molecule has 26 heavy (non-hydrogen) atoms. The van der Waals surface area contributed by atoms with E-state index in [2.05, 4.69) is 25.0 Å². The zero-order valence-electron chi connectivity index (χ0n) is 17.9. The summed E-state index contributed by atoms with van der Waals surface area (Å²) in [7, 11) is -5.89. The Kier molecular flexibility index (Phi) is 5.53. The van der Waals surface area contributed by atoms with Crippen molar-refractivity contribution in [1.82, 2.24) is 0 Å². The maximum atomic E-state index is 12.8. The van der Waals surface area contributed by atoms with Crippen molar-refractivity contribution in [1.29, 1.82) is 0 Å². The fourth-order valence-corrected chi connectivity index (χ4v) is 5.05. The summed E-state index contributed by atoms with van der Waals surface area (Å²) in [4.78, 5) is 0. The Labute approximate surface area is 158 Å². The smallest absolute Gasteiger partial charge is 0.381 e. The van der Waals surface area contributed by atoms with Crippen LogP contribution in [0.4, 0.5) is 13.2 Å². The highest BCUT2D eigenvalue weighted by Crippen LogP contribution is 2.59. The molecule has 0 saturated heterocycles. The van der Waals surface area contributed by atoms with Gasteiger partial charge < -0.3 is 4.18 Å². The molecule has 0 amide bonds. The lowest BCUT2D eigenvalue weighted by Gasteiger charge is -2.42. The first-order chi connectivity index (χ1) is 12.7. The van der Waals surface area contributed by atoms with Gasteiger partial charge in [0, 0.05) is 7.26 Å². The average Bonchev–Trinajstić information content (AvgIpc) is 2.82.